The van der Waals surface area contributed by atoms with Gasteiger partial charge in [0.05, 0.1) is 6.42 Å². The molecule has 3 saturated carbocycles. The maximum absolute atomic E-state index is 13.1. The van der Waals surface area contributed by atoms with E-state index in [4.69, 9.17) is 14.6 Å². The molecular formula is C39H63NO7. The summed E-state index contributed by atoms with van der Waals surface area (Å²) in [6, 6.07) is 0. The van der Waals surface area contributed by atoms with E-state index in [1.807, 2.05) is 0 Å². The minimum atomic E-state index is -1.12. The summed E-state index contributed by atoms with van der Waals surface area (Å²) in [4.78, 5) is 50.6. The van der Waals surface area contributed by atoms with Gasteiger partial charge in [-0.1, -0.05) is 65.5 Å². The first kappa shape index (κ1) is 37.4. The second kappa shape index (κ2) is 15.0. The maximum Gasteiger partial charge on any atom is 0.326 e. The topological polar surface area (TPSA) is 110 Å². The molecule has 0 aromatic rings. The Morgan fingerprint density at radius 3 is 2.30 bits per heavy atom. The number of nitrogens with zero attached hydrogens (tertiary/aromatic N) is 1. The van der Waals surface area contributed by atoms with Gasteiger partial charge in [0.2, 0.25) is 5.91 Å². The van der Waals surface area contributed by atoms with Gasteiger partial charge in [-0.05, 0) is 112 Å². The summed E-state index contributed by atoms with van der Waals surface area (Å²) in [5.74, 6) is 1.67. The quantitative estimate of drug-likeness (QED) is 0.158. The van der Waals surface area contributed by atoms with E-state index in [1.54, 1.807) is 20.8 Å². The summed E-state index contributed by atoms with van der Waals surface area (Å²) in [5.41, 5.74) is 1.24. The summed E-state index contributed by atoms with van der Waals surface area (Å²) in [6.45, 7) is 16.6. The lowest BCUT2D eigenvalue weighted by molar-refractivity contribution is -0.162. The van der Waals surface area contributed by atoms with Gasteiger partial charge in [-0.15, -0.1) is 0 Å². The van der Waals surface area contributed by atoms with Crippen LogP contribution in [0.25, 0.3) is 0 Å². The van der Waals surface area contributed by atoms with Crippen LogP contribution in [-0.4, -0.2) is 58.6 Å². The van der Waals surface area contributed by atoms with Gasteiger partial charge in [0, 0.05) is 12.8 Å². The standard InChI is InChI=1S/C39H63NO7/c1-25(2)10-9-11-26(3)30-14-15-31-29-13-12-27-22-28(18-20-38(27,7)32(29)19-21-39(30,31)8)46-35(44)23-40(33(41)16-17-34(42)43)24-36(45)47-37(4,5)6/h12,25-26,28-32H,9-11,13-24H2,1-8H3,(H,42,43)/t26?,28-,29-,30+,31-,32-,38-,39+/m0/s1. The predicted octanol–water partition coefficient (Wildman–Crippen LogP) is 7.97. The molecule has 8 heteroatoms. The van der Waals surface area contributed by atoms with Crippen LogP contribution in [0.4, 0.5) is 0 Å². The molecule has 8 nitrogen and oxygen atoms in total. The molecule has 0 aromatic heterocycles. The van der Waals surface area contributed by atoms with E-state index < -0.39 is 42.5 Å². The average molecular weight is 658 g/mol. The van der Waals surface area contributed by atoms with E-state index in [2.05, 4.69) is 40.7 Å². The molecule has 4 aliphatic carbocycles. The number of fused-ring (bicyclic) bond motifs is 5. The second-order valence-electron chi connectivity index (χ2n) is 17.4. The van der Waals surface area contributed by atoms with Gasteiger partial charge >= 0.3 is 17.9 Å². The lowest BCUT2D eigenvalue weighted by atomic mass is 9.47. The zero-order valence-electron chi connectivity index (χ0n) is 30.6. The van der Waals surface area contributed by atoms with Gasteiger partial charge < -0.3 is 19.5 Å². The summed E-state index contributed by atoms with van der Waals surface area (Å²) >= 11 is 0. The number of amides is 1. The smallest absolute Gasteiger partial charge is 0.326 e. The van der Waals surface area contributed by atoms with Crippen LogP contribution in [0, 0.1) is 46.3 Å². The Morgan fingerprint density at radius 2 is 1.64 bits per heavy atom. The molecule has 1 unspecified atom stereocenters. The van der Waals surface area contributed by atoms with Crippen LogP contribution in [0.15, 0.2) is 11.6 Å². The van der Waals surface area contributed by atoms with Crippen molar-refractivity contribution >= 4 is 23.8 Å². The fourth-order valence-corrected chi connectivity index (χ4v) is 10.3. The van der Waals surface area contributed by atoms with Gasteiger partial charge in [0.15, 0.2) is 0 Å². The Hall–Kier alpha value is -2.38. The molecule has 0 aromatic carbocycles. The molecule has 0 heterocycles. The van der Waals surface area contributed by atoms with E-state index in [9.17, 15) is 19.2 Å². The first-order valence-corrected chi connectivity index (χ1v) is 18.5. The highest BCUT2D eigenvalue weighted by molar-refractivity contribution is 5.87. The Balaban J connectivity index is 1.37. The molecule has 3 fully saturated rings. The van der Waals surface area contributed by atoms with Gasteiger partial charge in [-0.3, -0.25) is 19.2 Å². The van der Waals surface area contributed by atoms with E-state index in [0.29, 0.717) is 17.8 Å². The number of esters is 2. The number of rotatable bonds is 13. The molecule has 1 N–H and O–H groups in total. The molecule has 4 rings (SSSR count). The molecule has 0 saturated heterocycles. The van der Waals surface area contributed by atoms with Crippen molar-refractivity contribution in [2.75, 3.05) is 13.1 Å². The second-order valence-corrected chi connectivity index (χ2v) is 17.4. The van der Waals surface area contributed by atoms with Crippen LogP contribution >= 0.6 is 0 Å². The Morgan fingerprint density at radius 1 is 0.936 bits per heavy atom. The fraction of sp³-hybridized carbons (Fsp3) is 0.846. The minimum Gasteiger partial charge on any atom is -0.481 e. The Labute approximate surface area is 283 Å². The van der Waals surface area contributed by atoms with Crippen molar-refractivity contribution in [1.29, 1.82) is 0 Å². The van der Waals surface area contributed by atoms with Gasteiger partial charge in [0.1, 0.15) is 24.8 Å². The molecule has 8 atom stereocenters. The van der Waals surface area contributed by atoms with Crippen LogP contribution in [0.3, 0.4) is 0 Å². The average Bonchev–Trinajstić information content (AvgIpc) is 3.31. The number of allylic oxidation sites excluding steroid dienone is 1. The minimum absolute atomic E-state index is 0.129. The number of carboxylic acid groups (broad SMARTS) is 1. The highest BCUT2D eigenvalue weighted by Crippen LogP contribution is 2.67. The molecule has 0 aliphatic heterocycles. The van der Waals surface area contributed by atoms with Crippen LogP contribution < -0.4 is 0 Å². The number of carboxylic acids is 1. The molecule has 0 bridgehead atoms. The highest BCUT2D eigenvalue weighted by atomic mass is 16.6. The zero-order valence-corrected chi connectivity index (χ0v) is 30.6. The van der Waals surface area contributed by atoms with Gasteiger partial charge in [0.25, 0.3) is 0 Å². The molecule has 47 heavy (non-hydrogen) atoms. The third-order valence-electron chi connectivity index (χ3n) is 12.5. The van der Waals surface area contributed by atoms with Crippen molar-refractivity contribution in [2.24, 2.45) is 46.3 Å². The van der Waals surface area contributed by atoms with Crippen molar-refractivity contribution in [3.8, 4) is 0 Å². The molecule has 0 spiro atoms. The Kier molecular flexibility index (Phi) is 12.0. The summed E-state index contributed by atoms with van der Waals surface area (Å²) in [7, 11) is 0. The number of aliphatic carboxylic acids is 1. The summed E-state index contributed by atoms with van der Waals surface area (Å²) < 4.78 is 11.3. The summed E-state index contributed by atoms with van der Waals surface area (Å²) in [5, 5.41) is 9.04. The first-order valence-electron chi connectivity index (χ1n) is 18.5. The monoisotopic (exact) mass is 657 g/mol. The van der Waals surface area contributed by atoms with Crippen molar-refractivity contribution in [3.05, 3.63) is 11.6 Å². The van der Waals surface area contributed by atoms with Crippen molar-refractivity contribution in [1.82, 2.24) is 4.90 Å². The fourth-order valence-electron chi connectivity index (χ4n) is 10.3. The molecule has 266 valence electrons. The van der Waals surface area contributed by atoms with E-state index in [0.717, 1.165) is 53.8 Å². The highest BCUT2D eigenvalue weighted by Gasteiger charge is 2.59. The van der Waals surface area contributed by atoms with E-state index in [1.165, 1.54) is 50.5 Å². The number of hydrogen-bond donors (Lipinski definition) is 1. The van der Waals surface area contributed by atoms with E-state index in [-0.39, 0.29) is 24.4 Å². The molecular weight excluding hydrogens is 594 g/mol. The Bertz CT molecular complexity index is 1190. The van der Waals surface area contributed by atoms with Crippen molar-refractivity contribution in [3.63, 3.8) is 0 Å². The van der Waals surface area contributed by atoms with Crippen molar-refractivity contribution in [2.45, 2.75) is 151 Å². The SMILES string of the molecule is CC(C)CCCC(C)[C@H]1CC[C@H]2[C@@H]3CC=C4C[C@@H](OC(=O)CN(CC(=O)OC(C)(C)C)C(=O)CCC(=O)O)CC[C@]4(C)[C@H]3CC[C@]12C. The molecule has 0 radical (unpaired) electrons. The van der Waals surface area contributed by atoms with Gasteiger partial charge in [-0.25, -0.2) is 0 Å². The number of hydrogen-bond acceptors (Lipinski definition) is 6. The number of carbonyl (C=O) groups is 4. The number of ether oxygens (including phenoxy) is 2. The zero-order chi connectivity index (χ0) is 34.7. The first-order chi connectivity index (χ1) is 21.9. The lowest BCUT2D eigenvalue weighted by Crippen LogP contribution is -2.51. The summed E-state index contributed by atoms with van der Waals surface area (Å²) in [6.07, 6.45) is 14.5. The largest absolute Gasteiger partial charge is 0.481 e. The van der Waals surface area contributed by atoms with Crippen LogP contribution in [0.5, 0.6) is 0 Å². The van der Waals surface area contributed by atoms with Crippen molar-refractivity contribution < 1.29 is 33.8 Å². The maximum atomic E-state index is 13.1. The normalized spacial score (nSPS) is 32.4. The third kappa shape index (κ3) is 9.00. The van der Waals surface area contributed by atoms with Crippen LogP contribution in [0.1, 0.15) is 139 Å². The third-order valence-corrected chi connectivity index (χ3v) is 12.5. The van der Waals surface area contributed by atoms with E-state index >= 15 is 0 Å². The van der Waals surface area contributed by atoms with Gasteiger partial charge in [-0.2, -0.15) is 0 Å². The van der Waals surface area contributed by atoms with Crippen LogP contribution in [0.2, 0.25) is 0 Å². The van der Waals surface area contributed by atoms with Crippen LogP contribution in [-0.2, 0) is 28.7 Å². The lowest BCUT2D eigenvalue weighted by Gasteiger charge is -2.58. The molecule has 4 aliphatic rings. The molecule has 1 amide bonds. The predicted molar refractivity (Wildman–Crippen MR) is 182 cm³/mol. The number of carbonyl (C=O) groups excluding carboxylic acids is 3.